The molecule has 2 rings (SSSR count). The van der Waals surface area contributed by atoms with E-state index in [1.54, 1.807) is 6.07 Å². The summed E-state index contributed by atoms with van der Waals surface area (Å²) in [5.74, 6) is -0.853. The van der Waals surface area contributed by atoms with Crippen molar-refractivity contribution in [2.75, 3.05) is 0 Å². The molecule has 0 aromatic heterocycles. The standard InChI is InChI=1S/C10H10INO2/c11-5-3-7-6(1-2-9(7)12)8(4-5)10(13)14/h3-4,9H,1-2,12H2,(H,13,14)/t9-/m1/s1. The predicted molar refractivity (Wildman–Crippen MR) is 61.4 cm³/mol. The van der Waals surface area contributed by atoms with Crippen LogP contribution >= 0.6 is 22.6 Å². The summed E-state index contributed by atoms with van der Waals surface area (Å²) in [7, 11) is 0. The van der Waals surface area contributed by atoms with E-state index in [1.807, 2.05) is 6.07 Å². The van der Waals surface area contributed by atoms with Crippen molar-refractivity contribution in [1.29, 1.82) is 0 Å². The van der Waals surface area contributed by atoms with Gasteiger partial charge in [0.1, 0.15) is 0 Å². The summed E-state index contributed by atoms with van der Waals surface area (Å²) in [5, 5.41) is 9.02. The molecular formula is C10H10INO2. The van der Waals surface area contributed by atoms with Gasteiger partial charge in [0, 0.05) is 9.61 Å². The third-order valence-corrected chi connectivity index (χ3v) is 3.21. The summed E-state index contributed by atoms with van der Waals surface area (Å²) in [6.45, 7) is 0. The van der Waals surface area contributed by atoms with Crippen molar-refractivity contribution in [2.24, 2.45) is 5.73 Å². The number of fused-ring (bicyclic) bond motifs is 1. The van der Waals surface area contributed by atoms with Gasteiger partial charge >= 0.3 is 5.97 Å². The zero-order valence-corrected chi connectivity index (χ0v) is 9.61. The van der Waals surface area contributed by atoms with E-state index in [1.165, 1.54) is 0 Å². The van der Waals surface area contributed by atoms with E-state index >= 15 is 0 Å². The summed E-state index contributed by atoms with van der Waals surface area (Å²) in [5.41, 5.74) is 8.23. The van der Waals surface area contributed by atoms with Crippen LogP contribution in [0.15, 0.2) is 12.1 Å². The third kappa shape index (κ3) is 1.52. The molecule has 1 aliphatic carbocycles. The van der Waals surface area contributed by atoms with Crippen LogP contribution in [0, 0.1) is 3.57 Å². The van der Waals surface area contributed by atoms with Crippen LogP contribution < -0.4 is 5.73 Å². The van der Waals surface area contributed by atoms with Gasteiger partial charge in [0.05, 0.1) is 5.56 Å². The number of hydrogen-bond acceptors (Lipinski definition) is 2. The van der Waals surface area contributed by atoms with Crippen molar-refractivity contribution in [3.63, 3.8) is 0 Å². The summed E-state index contributed by atoms with van der Waals surface area (Å²) < 4.78 is 0.941. The predicted octanol–water partition coefficient (Wildman–Crippen LogP) is 1.94. The highest BCUT2D eigenvalue weighted by Gasteiger charge is 2.24. The molecule has 3 nitrogen and oxygen atoms in total. The quantitative estimate of drug-likeness (QED) is 0.779. The van der Waals surface area contributed by atoms with Gasteiger partial charge in [-0.1, -0.05) is 0 Å². The maximum atomic E-state index is 11.0. The number of nitrogens with two attached hydrogens (primary N) is 1. The summed E-state index contributed by atoms with van der Waals surface area (Å²) in [6.07, 6.45) is 1.64. The number of carbonyl (C=O) groups is 1. The minimum Gasteiger partial charge on any atom is -0.478 e. The molecule has 0 saturated heterocycles. The Morgan fingerprint density at radius 2 is 2.29 bits per heavy atom. The minimum absolute atomic E-state index is 0.0119. The maximum Gasteiger partial charge on any atom is 0.336 e. The van der Waals surface area contributed by atoms with E-state index < -0.39 is 5.97 Å². The Balaban J connectivity index is 2.63. The number of aromatic carboxylic acids is 1. The van der Waals surface area contributed by atoms with Gasteiger partial charge in [-0.2, -0.15) is 0 Å². The van der Waals surface area contributed by atoms with Gasteiger partial charge in [-0.3, -0.25) is 0 Å². The third-order valence-electron chi connectivity index (χ3n) is 2.58. The fourth-order valence-corrected chi connectivity index (χ4v) is 2.56. The normalized spacial score (nSPS) is 19.4. The molecule has 4 heteroatoms. The first-order valence-electron chi connectivity index (χ1n) is 4.41. The highest BCUT2D eigenvalue weighted by atomic mass is 127. The van der Waals surface area contributed by atoms with Gasteiger partial charge in [0.2, 0.25) is 0 Å². The molecule has 1 atom stereocenters. The Bertz CT molecular complexity index is 403. The van der Waals surface area contributed by atoms with Crippen molar-refractivity contribution in [3.05, 3.63) is 32.4 Å². The second-order valence-electron chi connectivity index (χ2n) is 3.47. The second kappa shape index (κ2) is 3.51. The van der Waals surface area contributed by atoms with Gasteiger partial charge in [-0.25, -0.2) is 4.79 Å². The van der Waals surface area contributed by atoms with Gasteiger partial charge in [-0.15, -0.1) is 0 Å². The molecule has 0 amide bonds. The molecule has 0 fully saturated rings. The molecule has 0 bridgehead atoms. The van der Waals surface area contributed by atoms with Crippen molar-refractivity contribution in [1.82, 2.24) is 0 Å². The molecular weight excluding hydrogens is 293 g/mol. The van der Waals surface area contributed by atoms with Crippen LogP contribution in [-0.2, 0) is 6.42 Å². The van der Waals surface area contributed by atoms with E-state index in [0.717, 1.165) is 27.5 Å². The largest absolute Gasteiger partial charge is 0.478 e. The number of carboxylic acid groups (broad SMARTS) is 1. The zero-order chi connectivity index (χ0) is 10.3. The monoisotopic (exact) mass is 303 g/mol. The number of rotatable bonds is 1. The molecule has 1 aromatic carbocycles. The molecule has 1 aromatic rings. The van der Waals surface area contributed by atoms with Gasteiger partial charge in [0.25, 0.3) is 0 Å². The maximum absolute atomic E-state index is 11.0. The summed E-state index contributed by atoms with van der Waals surface area (Å²) >= 11 is 2.12. The molecule has 74 valence electrons. The molecule has 14 heavy (non-hydrogen) atoms. The van der Waals surface area contributed by atoms with Crippen LogP contribution in [0.3, 0.4) is 0 Å². The highest BCUT2D eigenvalue weighted by molar-refractivity contribution is 14.1. The van der Waals surface area contributed by atoms with E-state index in [0.29, 0.717) is 5.56 Å². The zero-order valence-electron chi connectivity index (χ0n) is 7.46. The van der Waals surface area contributed by atoms with Crippen LogP contribution in [0.1, 0.15) is 33.9 Å². The Kier molecular flexibility index (Phi) is 2.48. The van der Waals surface area contributed by atoms with Crippen molar-refractivity contribution in [3.8, 4) is 0 Å². The Labute approximate surface area is 95.4 Å². The lowest BCUT2D eigenvalue weighted by Crippen LogP contribution is -2.07. The SMILES string of the molecule is N[C@@H]1CCc2c(C(=O)O)cc(I)cc21. The lowest BCUT2D eigenvalue weighted by molar-refractivity contribution is 0.0695. The van der Waals surface area contributed by atoms with Gasteiger partial charge in [-0.05, 0) is 58.7 Å². The van der Waals surface area contributed by atoms with E-state index in [2.05, 4.69) is 22.6 Å². The topological polar surface area (TPSA) is 63.3 Å². The van der Waals surface area contributed by atoms with E-state index in [4.69, 9.17) is 10.8 Å². The lowest BCUT2D eigenvalue weighted by atomic mass is 10.0. The molecule has 1 aliphatic rings. The van der Waals surface area contributed by atoms with Crippen molar-refractivity contribution < 1.29 is 9.90 Å². The van der Waals surface area contributed by atoms with Crippen molar-refractivity contribution in [2.45, 2.75) is 18.9 Å². The fourth-order valence-electron chi connectivity index (χ4n) is 1.91. The Hall–Kier alpha value is -0.620. The smallest absolute Gasteiger partial charge is 0.336 e. The van der Waals surface area contributed by atoms with E-state index in [9.17, 15) is 4.79 Å². The molecule has 0 heterocycles. The first-order valence-corrected chi connectivity index (χ1v) is 5.48. The fraction of sp³-hybridized carbons (Fsp3) is 0.300. The molecule has 0 unspecified atom stereocenters. The molecule has 3 N–H and O–H groups in total. The van der Waals surface area contributed by atoms with Crippen LogP contribution in [0.5, 0.6) is 0 Å². The number of carboxylic acids is 1. The molecule has 0 saturated carbocycles. The lowest BCUT2D eigenvalue weighted by Gasteiger charge is -2.07. The average Bonchev–Trinajstić information content (AvgIpc) is 2.47. The Morgan fingerprint density at radius 3 is 2.93 bits per heavy atom. The minimum atomic E-state index is -0.853. The van der Waals surface area contributed by atoms with Gasteiger partial charge < -0.3 is 10.8 Å². The number of hydrogen-bond donors (Lipinski definition) is 2. The molecule has 0 radical (unpaired) electrons. The highest BCUT2D eigenvalue weighted by Crippen LogP contribution is 2.33. The second-order valence-corrected chi connectivity index (χ2v) is 4.72. The molecule has 0 spiro atoms. The van der Waals surface area contributed by atoms with Crippen LogP contribution in [0.4, 0.5) is 0 Å². The Morgan fingerprint density at radius 1 is 1.57 bits per heavy atom. The van der Waals surface area contributed by atoms with Crippen molar-refractivity contribution >= 4 is 28.6 Å². The summed E-state index contributed by atoms with van der Waals surface area (Å²) in [4.78, 5) is 11.0. The summed E-state index contributed by atoms with van der Waals surface area (Å²) in [6, 6.07) is 3.71. The van der Waals surface area contributed by atoms with E-state index in [-0.39, 0.29) is 6.04 Å². The van der Waals surface area contributed by atoms with Crippen LogP contribution in [-0.4, -0.2) is 11.1 Å². The molecule has 0 aliphatic heterocycles. The first kappa shape index (κ1) is 9.92. The average molecular weight is 303 g/mol. The van der Waals surface area contributed by atoms with Crippen LogP contribution in [0.25, 0.3) is 0 Å². The number of benzene rings is 1. The van der Waals surface area contributed by atoms with Gasteiger partial charge in [0.15, 0.2) is 0 Å². The van der Waals surface area contributed by atoms with Crippen LogP contribution in [0.2, 0.25) is 0 Å². The first-order chi connectivity index (χ1) is 6.59. The number of halogens is 1.